The lowest BCUT2D eigenvalue weighted by Gasteiger charge is -2.27. The minimum absolute atomic E-state index is 0.0223. The standard InChI is InChI=1S/C11H12F3N3O2/c1-6-8(9(18)11(12,13)14)10(19)17(16-6)7-2-4-15-5-3-7/h2-5,8-10,18-19H,1H3. The van der Waals surface area contributed by atoms with Crippen LogP contribution in [-0.4, -0.2) is 39.4 Å². The lowest BCUT2D eigenvalue weighted by atomic mass is 9.96. The Kier molecular flexibility index (Phi) is 3.46. The maximum absolute atomic E-state index is 12.5. The summed E-state index contributed by atoms with van der Waals surface area (Å²) < 4.78 is 37.6. The van der Waals surface area contributed by atoms with E-state index in [-0.39, 0.29) is 5.71 Å². The van der Waals surface area contributed by atoms with Gasteiger partial charge in [-0.05, 0) is 19.1 Å². The van der Waals surface area contributed by atoms with E-state index in [2.05, 4.69) is 10.1 Å². The minimum atomic E-state index is -4.81. The highest BCUT2D eigenvalue weighted by molar-refractivity contribution is 5.89. The van der Waals surface area contributed by atoms with Crippen molar-refractivity contribution in [1.29, 1.82) is 0 Å². The van der Waals surface area contributed by atoms with E-state index in [9.17, 15) is 23.4 Å². The molecule has 3 unspecified atom stereocenters. The summed E-state index contributed by atoms with van der Waals surface area (Å²) >= 11 is 0. The van der Waals surface area contributed by atoms with Gasteiger partial charge in [0.05, 0.1) is 11.6 Å². The fraction of sp³-hybridized carbons (Fsp3) is 0.455. The molecule has 3 atom stereocenters. The smallest absolute Gasteiger partial charge is 0.383 e. The highest BCUT2D eigenvalue weighted by Gasteiger charge is 2.51. The number of nitrogens with zero attached hydrogens (tertiary/aromatic N) is 3. The second-order valence-electron chi connectivity index (χ2n) is 4.22. The SMILES string of the molecule is CC1=NN(c2ccncc2)C(O)C1C(O)C(F)(F)F. The molecule has 0 amide bonds. The summed E-state index contributed by atoms with van der Waals surface area (Å²) in [5.74, 6) is -1.51. The second kappa shape index (κ2) is 4.78. The Balaban J connectivity index is 2.27. The lowest BCUT2D eigenvalue weighted by molar-refractivity contribution is -0.219. The Morgan fingerprint density at radius 3 is 2.42 bits per heavy atom. The Labute approximate surface area is 107 Å². The van der Waals surface area contributed by atoms with Gasteiger partial charge >= 0.3 is 6.18 Å². The van der Waals surface area contributed by atoms with E-state index in [4.69, 9.17) is 0 Å². The zero-order valence-electron chi connectivity index (χ0n) is 9.91. The molecule has 0 aromatic carbocycles. The Morgan fingerprint density at radius 2 is 1.89 bits per heavy atom. The summed E-state index contributed by atoms with van der Waals surface area (Å²) in [6.45, 7) is 1.34. The van der Waals surface area contributed by atoms with Crippen LogP contribution in [0.2, 0.25) is 0 Å². The minimum Gasteiger partial charge on any atom is -0.383 e. The van der Waals surface area contributed by atoms with Crippen molar-refractivity contribution >= 4 is 11.4 Å². The molecular formula is C11H12F3N3O2. The molecule has 0 saturated heterocycles. The van der Waals surface area contributed by atoms with Gasteiger partial charge in [0.25, 0.3) is 0 Å². The van der Waals surface area contributed by atoms with Crippen LogP contribution in [0.3, 0.4) is 0 Å². The van der Waals surface area contributed by atoms with Crippen molar-refractivity contribution in [2.24, 2.45) is 11.0 Å². The third kappa shape index (κ3) is 2.54. The van der Waals surface area contributed by atoms with Crippen LogP contribution >= 0.6 is 0 Å². The highest BCUT2D eigenvalue weighted by Crippen LogP contribution is 2.34. The Hall–Kier alpha value is -1.67. The molecule has 2 heterocycles. The van der Waals surface area contributed by atoms with E-state index >= 15 is 0 Å². The molecule has 1 aromatic heterocycles. The van der Waals surface area contributed by atoms with E-state index in [0.717, 1.165) is 5.01 Å². The quantitative estimate of drug-likeness (QED) is 0.849. The first-order chi connectivity index (χ1) is 8.82. The van der Waals surface area contributed by atoms with Gasteiger partial charge in [0.1, 0.15) is 0 Å². The monoisotopic (exact) mass is 275 g/mol. The number of aliphatic hydroxyl groups excluding tert-OH is 2. The van der Waals surface area contributed by atoms with Crippen LogP contribution in [0.1, 0.15) is 6.92 Å². The fourth-order valence-electron chi connectivity index (χ4n) is 1.97. The van der Waals surface area contributed by atoms with Gasteiger partial charge in [0, 0.05) is 18.1 Å². The summed E-state index contributed by atoms with van der Waals surface area (Å²) in [5.41, 5.74) is 0.424. The number of alkyl halides is 3. The number of anilines is 1. The van der Waals surface area contributed by atoms with Crippen LogP contribution in [0.15, 0.2) is 29.6 Å². The third-order valence-electron chi connectivity index (χ3n) is 2.92. The molecule has 0 radical (unpaired) electrons. The van der Waals surface area contributed by atoms with Crippen molar-refractivity contribution in [2.75, 3.05) is 5.01 Å². The molecule has 19 heavy (non-hydrogen) atoms. The maximum atomic E-state index is 12.5. The number of aliphatic hydroxyl groups is 2. The van der Waals surface area contributed by atoms with Gasteiger partial charge in [-0.25, -0.2) is 5.01 Å². The summed E-state index contributed by atoms with van der Waals surface area (Å²) in [6, 6.07) is 3.00. The summed E-state index contributed by atoms with van der Waals surface area (Å²) in [5, 5.41) is 24.1. The zero-order chi connectivity index (χ0) is 14.2. The first-order valence-corrected chi connectivity index (χ1v) is 5.49. The van der Waals surface area contributed by atoms with E-state index in [1.165, 1.54) is 31.5 Å². The van der Waals surface area contributed by atoms with Gasteiger partial charge in [0.15, 0.2) is 12.3 Å². The van der Waals surface area contributed by atoms with E-state index < -0.39 is 24.4 Å². The van der Waals surface area contributed by atoms with Crippen LogP contribution in [0.5, 0.6) is 0 Å². The van der Waals surface area contributed by atoms with Crippen LogP contribution in [-0.2, 0) is 0 Å². The molecule has 0 saturated carbocycles. The van der Waals surface area contributed by atoms with Gasteiger partial charge in [-0.15, -0.1) is 0 Å². The molecule has 1 aliphatic heterocycles. The van der Waals surface area contributed by atoms with Crippen molar-refractivity contribution in [2.45, 2.75) is 25.4 Å². The van der Waals surface area contributed by atoms with Crippen molar-refractivity contribution < 1.29 is 23.4 Å². The lowest BCUT2D eigenvalue weighted by Crippen LogP contribution is -2.46. The summed E-state index contributed by atoms with van der Waals surface area (Å²) in [6.07, 6.45) is -6.17. The summed E-state index contributed by atoms with van der Waals surface area (Å²) in [4.78, 5) is 3.77. The van der Waals surface area contributed by atoms with Gasteiger partial charge in [0.2, 0.25) is 0 Å². The third-order valence-corrected chi connectivity index (χ3v) is 2.92. The van der Waals surface area contributed by atoms with Crippen LogP contribution in [0, 0.1) is 5.92 Å². The maximum Gasteiger partial charge on any atom is 0.415 e. The molecule has 0 bridgehead atoms. The predicted molar refractivity (Wildman–Crippen MR) is 61.4 cm³/mol. The van der Waals surface area contributed by atoms with Crippen molar-refractivity contribution in [3.63, 3.8) is 0 Å². The number of hydrogen-bond acceptors (Lipinski definition) is 5. The van der Waals surface area contributed by atoms with Crippen LogP contribution < -0.4 is 5.01 Å². The van der Waals surface area contributed by atoms with E-state index in [1.54, 1.807) is 0 Å². The number of rotatable bonds is 2. The first-order valence-electron chi connectivity index (χ1n) is 5.49. The predicted octanol–water partition coefficient (Wildman–Crippen LogP) is 1.14. The average molecular weight is 275 g/mol. The molecule has 2 rings (SSSR count). The number of pyridine rings is 1. The van der Waals surface area contributed by atoms with E-state index in [1.807, 2.05) is 0 Å². The van der Waals surface area contributed by atoms with Gasteiger partial charge in [-0.2, -0.15) is 18.3 Å². The largest absolute Gasteiger partial charge is 0.415 e. The fourth-order valence-corrected chi connectivity index (χ4v) is 1.97. The van der Waals surface area contributed by atoms with E-state index in [0.29, 0.717) is 5.69 Å². The molecular weight excluding hydrogens is 263 g/mol. The zero-order valence-corrected chi connectivity index (χ0v) is 9.91. The average Bonchev–Trinajstić information content (AvgIpc) is 2.64. The van der Waals surface area contributed by atoms with Crippen molar-refractivity contribution in [3.05, 3.63) is 24.5 Å². The normalized spacial score (nSPS) is 25.4. The Bertz CT molecular complexity index is 478. The van der Waals surface area contributed by atoms with Crippen molar-refractivity contribution in [3.8, 4) is 0 Å². The number of hydrazone groups is 1. The second-order valence-corrected chi connectivity index (χ2v) is 4.22. The first kappa shape index (κ1) is 13.8. The molecule has 0 fully saturated rings. The topological polar surface area (TPSA) is 69.0 Å². The highest BCUT2D eigenvalue weighted by atomic mass is 19.4. The molecule has 2 N–H and O–H groups in total. The summed E-state index contributed by atoms with van der Waals surface area (Å²) in [7, 11) is 0. The van der Waals surface area contributed by atoms with Crippen LogP contribution in [0.4, 0.5) is 18.9 Å². The van der Waals surface area contributed by atoms with Crippen LogP contribution in [0.25, 0.3) is 0 Å². The molecule has 104 valence electrons. The molecule has 0 aliphatic carbocycles. The van der Waals surface area contributed by atoms with Gasteiger partial charge in [-0.3, -0.25) is 4.98 Å². The molecule has 5 nitrogen and oxygen atoms in total. The van der Waals surface area contributed by atoms with Gasteiger partial charge < -0.3 is 10.2 Å². The Morgan fingerprint density at radius 1 is 1.32 bits per heavy atom. The number of halogens is 3. The molecule has 1 aromatic rings. The van der Waals surface area contributed by atoms with Gasteiger partial charge in [-0.1, -0.05) is 0 Å². The molecule has 0 spiro atoms. The molecule has 8 heteroatoms. The number of hydrogen-bond donors (Lipinski definition) is 2. The number of aromatic nitrogens is 1. The van der Waals surface area contributed by atoms with Crippen molar-refractivity contribution in [1.82, 2.24) is 4.98 Å². The molecule has 1 aliphatic rings.